The van der Waals surface area contributed by atoms with E-state index in [4.69, 9.17) is 5.14 Å². The fraction of sp³-hybridized carbons (Fsp3) is 0.200. The molecule has 0 amide bonds. The topological polar surface area (TPSA) is 106 Å². The van der Waals surface area contributed by atoms with Crippen molar-refractivity contribution in [2.75, 3.05) is 0 Å². The zero-order valence-electron chi connectivity index (χ0n) is 14.4. The lowest BCUT2D eigenvalue weighted by Gasteiger charge is -2.10. The molecule has 3 N–H and O–H groups in total. The van der Waals surface area contributed by atoms with Crippen LogP contribution in [0, 0.1) is 6.92 Å². The molecule has 2 aromatic carbocycles. The van der Waals surface area contributed by atoms with Gasteiger partial charge in [-0.15, -0.1) is 4.72 Å². The number of nitrogens with two attached hydrogens (primary N) is 1. The molecule has 0 bridgehead atoms. The molecule has 0 saturated carbocycles. The minimum absolute atomic E-state index is 0.0464. The smallest absolute Gasteiger partial charge is 0.225 e. The predicted octanol–water partition coefficient (Wildman–Crippen LogP) is 3.15. The number of sulfonamides is 2. The normalized spacial score (nSPS) is 12.8. The summed E-state index contributed by atoms with van der Waals surface area (Å²) < 4.78 is 117. The van der Waals surface area contributed by atoms with Gasteiger partial charge in [0.25, 0.3) is 0 Å². The number of nitrogens with one attached hydrogen (secondary N) is 1. The highest BCUT2D eigenvalue weighted by molar-refractivity contribution is 7.89. The third kappa shape index (κ3) is 8.00. The number of hydrogen-bond donors (Lipinski definition) is 2. The fourth-order valence-electron chi connectivity index (χ4n) is 1.89. The van der Waals surface area contributed by atoms with Crippen LogP contribution in [0.3, 0.4) is 0 Å². The summed E-state index contributed by atoms with van der Waals surface area (Å²) in [6.45, 7) is 1.25. The van der Waals surface area contributed by atoms with Gasteiger partial charge < -0.3 is 0 Å². The van der Waals surface area contributed by atoms with Crippen LogP contribution in [0.2, 0.25) is 0 Å². The number of alkyl halides is 6. The van der Waals surface area contributed by atoms with Gasteiger partial charge in [-0.05, 0) is 36.8 Å². The summed E-state index contributed by atoms with van der Waals surface area (Å²) in [5.41, 5.74) is -1.04. The third-order valence-electron chi connectivity index (χ3n) is 3.15. The molecule has 0 spiro atoms. The highest BCUT2D eigenvalue weighted by Crippen LogP contribution is 2.32. The summed E-state index contributed by atoms with van der Waals surface area (Å²) in [5.74, 6) is 0. The standard InChI is InChI=1S/C8H8F3NO2S.C7H6F3NO2S/c1-5-2-3-6(15(12,13)14)4-7(5)8(9,10)11;8-7(9,10)11-14(12,13)6-4-2-1-3-5-6/h2-4H,1H3,(H2,12,13,14);1-5,11H. The summed E-state index contributed by atoms with van der Waals surface area (Å²) >= 11 is 0. The summed E-state index contributed by atoms with van der Waals surface area (Å²) in [6, 6.07) is 8.98. The third-order valence-corrected chi connectivity index (χ3v) is 5.45. The van der Waals surface area contributed by atoms with Crippen molar-refractivity contribution in [3.8, 4) is 0 Å². The van der Waals surface area contributed by atoms with Crippen LogP contribution < -0.4 is 9.86 Å². The Morgan fingerprint density at radius 3 is 1.76 bits per heavy atom. The van der Waals surface area contributed by atoms with Crippen molar-refractivity contribution in [1.82, 2.24) is 4.72 Å². The van der Waals surface area contributed by atoms with Crippen molar-refractivity contribution in [2.24, 2.45) is 5.14 Å². The van der Waals surface area contributed by atoms with Gasteiger partial charge in [0.15, 0.2) is 0 Å². The molecule has 0 aliphatic heterocycles. The monoisotopic (exact) mass is 464 g/mol. The summed E-state index contributed by atoms with van der Waals surface area (Å²) in [5, 5.41) is 4.72. The van der Waals surface area contributed by atoms with Gasteiger partial charge in [-0.3, -0.25) is 0 Å². The minimum Gasteiger partial charge on any atom is -0.225 e. The van der Waals surface area contributed by atoms with Crippen LogP contribution >= 0.6 is 0 Å². The maximum absolute atomic E-state index is 12.4. The lowest BCUT2D eigenvalue weighted by molar-refractivity contribution is -0.139. The molecular formula is C15H14F6N2O4S2. The Morgan fingerprint density at radius 1 is 0.828 bits per heavy atom. The largest absolute Gasteiger partial charge is 0.470 e. The van der Waals surface area contributed by atoms with Gasteiger partial charge in [0.05, 0.1) is 15.4 Å². The molecule has 14 heteroatoms. The second-order valence-electron chi connectivity index (χ2n) is 5.44. The average Bonchev–Trinajstić information content (AvgIpc) is 2.52. The first-order valence-electron chi connectivity index (χ1n) is 7.30. The van der Waals surface area contributed by atoms with E-state index in [1.54, 1.807) is 0 Å². The number of rotatable bonds is 3. The molecule has 29 heavy (non-hydrogen) atoms. The number of primary sulfonamides is 1. The minimum atomic E-state index is -4.95. The van der Waals surface area contributed by atoms with Gasteiger partial charge in [0.1, 0.15) is 0 Å². The van der Waals surface area contributed by atoms with Crippen molar-refractivity contribution in [3.63, 3.8) is 0 Å². The van der Waals surface area contributed by atoms with Crippen LogP contribution in [0.15, 0.2) is 58.3 Å². The fourth-order valence-corrected chi connectivity index (χ4v) is 3.37. The zero-order chi connectivity index (χ0) is 22.7. The molecule has 0 aliphatic rings. The lowest BCUT2D eigenvalue weighted by Crippen LogP contribution is -2.37. The molecule has 0 unspecified atom stereocenters. The molecule has 0 aromatic heterocycles. The number of benzene rings is 2. The van der Waals surface area contributed by atoms with E-state index in [-0.39, 0.29) is 5.56 Å². The summed E-state index contributed by atoms with van der Waals surface area (Å²) in [7, 11) is -8.60. The Kier molecular flexibility index (Phi) is 7.45. The van der Waals surface area contributed by atoms with Gasteiger partial charge in [0.2, 0.25) is 20.0 Å². The molecule has 0 radical (unpaired) electrons. The molecule has 0 saturated heterocycles. The Hall–Kier alpha value is -2.16. The van der Waals surface area contributed by atoms with E-state index in [1.165, 1.54) is 25.1 Å². The molecule has 0 fully saturated rings. The van der Waals surface area contributed by atoms with Crippen LogP contribution in [-0.2, 0) is 26.2 Å². The first kappa shape index (κ1) is 24.9. The van der Waals surface area contributed by atoms with E-state index in [0.29, 0.717) is 10.8 Å². The van der Waals surface area contributed by atoms with Crippen LogP contribution in [0.5, 0.6) is 0 Å². The van der Waals surface area contributed by atoms with E-state index >= 15 is 0 Å². The second kappa shape index (κ2) is 8.69. The molecule has 2 rings (SSSR count). The summed E-state index contributed by atoms with van der Waals surface area (Å²) in [6.07, 6.45) is -9.53. The molecular weight excluding hydrogens is 450 g/mol. The van der Waals surface area contributed by atoms with E-state index in [2.05, 4.69) is 0 Å². The Labute approximate surface area is 162 Å². The first-order valence-corrected chi connectivity index (χ1v) is 10.3. The van der Waals surface area contributed by atoms with Crippen molar-refractivity contribution < 1.29 is 43.2 Å². The van der Waals surface area contributed by atoms with Crippen LogP contribution in [0.25, 0.3) is 0 Å². The number of hydrogen-bond acceptors (Lipinski definition) is 4. The molecule has 0 atom stereocenters. The van der Waals surface area contributed by atoms with Crippen LogP contribution in [0.4, 0.5) is 26.3 Å². The van der Waals surface area contributed by atoms with E-state index in [9.17, 15) is 43.2 Å². The van der Waals surface area contributed by atoms with Crippen LogP contribution in [-0.4, -0.2) is 23.1 Å². The SMILES string of the molecule is Cc1ccc(S(N)(=O)=O)cc1C(F)(F)F.O=S(=O)(NC(F)(F)F)c1ccccc1. The summed E-state index contributed by atoms with van der Waals surface area (Å²) in [4.78, 5) is -0.960. The Balaban J connectivity index is 0.000000291. The highest BCUT2D eigenvalue weighted by atomic mass is 32.2. The molecule has 162 valence electrons. The van der Waals surface area contributed by atoms with E-state index < -0.39 is 47.9 Å². The molecule has 0 aliphatic carbocycles. The van der Waals surface area contributed by atoms with Crippen molar-refractivity contribution in [1.29, 1.82) is 0 Å². The van der Waals surface area contributed by atoms with E-state index in [1.807, 2.05) is 0 Å². The number of aryl methyl sites for hydroxylation is 1. The van der Waals surface area contributed by atoms with Crippen LogP contribution in [0.1, 0.15) is 11.1 Å². The maximum atomic E-state index is 12.4. The maximum Gasteiger partial charge on any atom is 0.470 e. The van der Waals surface area contributed by atoms with Gasteiger partial charge in [0, 0.05) is 0 Å². The molecule has 2 aromatic rings. The quantitative estimate of drug-likeness (QED) is 0.538. The first-order chi connectivity index (χ1) is 12.9. The Bertz CT molecular complexity index is 1050. The number of halogens is 6. The van der Waals surface area contributed by atoms with Crippen molar-refractivity contribution >= 4 is 20.0 Å². The van der Waals surface area contributed by atoms with Gasteiger partial charge >= 0.3 is 12.5 Å². The molecule has 6 nitrogen and oxygen atoms in total. The molecule has 0 heterocycles. The predicted molar refractivity (Wildman–Crippen MR) is 90.4 cm³/mol. The average molecular weight is 464 g/mol. The van der Waals surface area contributed by atoms with Gasteiger partial charge in [-0.2, -0.15) is 26.3 Å². The van der Waals surface area contributed by atoms with Crippen molar-refractivity contribution in [2.45, 2.75) is 29.2 Å². The van der Waals surface area contributed by atoms with Crippen molar-refractivity contribution in [3.05, 3.63) is 59.7 Å². The van der Waals surface area contributed by atoms with E-state index in [0.717, 1.165) is 24.3 Å². The van der Waals surface area contributed by atoms with Gasteiger partial charge in [-0.25, -0.2) is 22.0 Å². The zero-order valence-corrected chi connectivity index (χ0v) is 16.0. The highest BCUT2D eigenvalue weighted by Gasteiger charge is 2.35. The lowest BCUT2D eigenvalue weighted by atomic mass is 10.1. The Morgan fingerprint density at radius 2 is 1.34 bits per heavy atom. The second-order valence-corrected chi connectivity index (χ2v) is 8.68. The van der Waals surface area contributed by atoms with Gasteiger partial charge in [-0.1, -0.05) is 24.3 Å².